The molecule has 0 radical (unpaired) electrons. The first kappa shape index (κ1) is 19.1. The molecule has 1 fully saturated rings. The number of carbonyl (C=O) groups excluding carboxylic acids is 1. The van der Waals surface area contributed by atoms with Gasteiger partial charge in [0.2, 0.25) is 0 Å². The van der Waals surface area contributed by atoms with E-state index in [1.807, 2.05) is 31.2 Å². The molecule has 0 saturated heterocycles. The number of hydrogen-bond donors (Lipinski definition) is 2. The van der Waals surface area contributed by atoms with E-state index in [2.05, 4.69) is 10.3 Å². The van der Waals surface area contributed by atoms with Crippen molar-refractivity contribution in [3.8, 4) is 5.75 Å². The third-order valence-electron chi connectivity index (χ3n) is 6.47. The number of carbonyl (C=O) groups is 1. The molecule has 1 aromatic carbocycles. The lowest BCUT2D eigenvalue weighted by atomic mass is 9.77. The molecule has 5 rings (SSSR count). The zero-order valence-corrected chi connectivity index (χ0v) is 17.1. The molecule has 6 heteroatoms. The van der Waals surface area contributed by atoms with Gasteiger partial charge in [-0.1, -0.05) is 12.5 Å². The monoisotopic (exact) mass is 406 g/mol. The standard InChI is InChI=1S/C24H26N2O4/c1-15-20-18(29-22(15)23(28)26-14-16-6-5-11-25-13-16)7-8-19-21(20)17(27)12-24(30-19)9-3-2-4-10-24/h5-8,11,13,17,27H,2-4,9-10,12,14H2,1H3,(H,26,28)/t17-/m0/s1. The van der Waals surface area contributed by atoms with E-state index in [0.717, 1.165) is 53.5 Å². The molecular formula is C24H26N2O4. The minimum atomic E-state index is -0.627. The van der Waals surface area contributed by atoms with Crippen LogP contribution in [0.2, 0.25) is 0 Å². The van der Waals surface area contributed by atoms with Crippen LogP contribution in [0.25, 0.3) is 11.0 Å². The number of hydrogen-bond acceptors (Lipinski definition) is 5. The summed E-state index contributed by atoms with van der Waals surface area (Å²) in [4.78, 5) is 16.8. The number of furan rings is 1. The van der Waals surface area contributed by atoms with Gasteiger partial charge in [-0.05, 0) is 56.4 Å². The van der Waals surface area contributed by atoms with E-state index in [0.29, 0.717) is 18.5 Å². The quantitative estimate of drug-likeness (QED) is 0.665. The summed E-state index contributed by atoms with van der Waals surface area (Å²) >= 11 is 0. The Bertz CT molecular complexity index is 1080. The van der Waals surface area contributed by atoms with Crippen LogP contribution in [0.3, 0.4) is 0 Å². The van der Waals surface area contributed by atoms with Crippen molar-refractivity contribution in [1.29, 1.82) is 0 Å². The van der Waals surface area contributed by atoms with Gasteiger partial charge in [-0.25, -0.2) is 0 Å². The van der Waals surface area contributed by atoms with Gasteiger partial charge in [0.15, 0.2) is 5.76 Å². The van der Waals surface area contributed by atoms with Crippen LogP contribution in [0.5, 0.6) is 5.75 Å². The van der Waals surface area contributed by atoms with Gasteiger partial charge in [0, 0.05) is 41.9 Å². The lowest BCUT2D eigenvalue weighted by Crippen LogP contribution is -2.42. The number of pyridine rings is 1. The molecule has 2 aromatic heterocycles. The van der Waals surface area contributed by atoms with Crippen LogP contribution in [-0.2, 0) is 6.54 Å². The third-order valence-corrected chi connectivity index (χ3v) is 6.47. The Kier molecular flexibility index (Phi) is 4.74. The average molecular weight is 406 g/mol. The second kappa shape index (κ2) is 7.43. The van der Waals surface area contributed by atoms with Crippen LogP contribution in [-0.4, -0.2) is 21.6 Å². The largest absolute Gasteiger partial charge is 0.487 e. The molecule has 0 bridgehead atoms. The van der Waals surface area contributed by atoms with Crippen LogP contribution in [0.15, 0.2) is 41.1 Å². The Balaban J connectivity index is 1.46. The summed E-state index contributed by atoms with van der Waals surface area (Å²) in [6, 6.07) is 7.45. The Morgan fingerprint density at radius 2 is 2.10 bits per heavy atom. The number of fused-ring (bicyclic) bond motifs is 3. The number of aromatic nitrogens is 1. The van der Waals surface area contributed by atoms with Gasteiger partial charge in [0.1, 0.15) is 16.9 Å². The van der Waals surface area contributed by atoms with E-state index in [1.165, 1.54) is 6.42 Å². The number of aliphatic hydroxyl groups excluding tert-OH is 1. The van der Waals surface area contributed by atoms with Crippen molar-refractivity contribution in [2.24, 2.45) is 0 Å². The summed E-state index contributed by atoms with van der Waals surface area (Å²) in [5.41, 5.74) is 2.72. The number of ether oxygens (including phenoxy) is 1. The molecule has 1 saturated carbocycles. The van der Waals surface area contributed by atoms with E-state index in [4.69, 9.17) is 9.15 Å². The minimum Gasteiger partial charge on any atom is -0.487 e. The van der Waals surface area contributed by atoms with Crippen molar-refractivity contribution in [3.63, 3.8) is 0 Å². The van der Waals surface area contributed by atoms with E-state index < -0.39 is 6.10 Å². The van der Waals surface area contributed by atoms with Crippen molar-refractivity contribution in [1.82, 2.24) is 10.3 Å². The van der Waals surface area contributed by atoms with Gasteiger partial charge < -0.3 is 19.6 Å². The van der Waals surface area contributed by atoms with E-state index >= 15 is 0 Å². The molecular weight excluding hydrogens is 380 g/mol. The first-order valence-electron chi connectivity index (χ1n) is 10.7. The fourth-order valence-electron chi connectivity index (χ4n) is 4.99. The summed E-state index contributed by atoms with van der Waals surface area (Å²) in [7, 11) is 0. The van der Waals surface area contributed by atoms with Crippen molar-refractivity contribution in [3.05, 3.63) is 59.1 Å². The molecule has 1 atom stereocenters. The molecule has 3 aromatic rings. The Labute approximate surface area is 175 Å². The molecule has 6 nitrogen and oxygen atoms in total. The van der Waals surface area contributed by atoms with E-state index in [1.54, 1.807) is 12.4 Å². The zero-order valence-electron chi connectivity index (χ0n) is 17.1. The fourth-order valence-corrected chi connectivity index (χ4v) is 4.99. The molecule has 156 valence electrons. The van der Waals surface area contributed by atoms with Crippen molar-refractivity contribution in [2.75, 3.05) is 0 Å². The fraction of sp³-hybridized carbons (Fsp3) is 0.417. The number of aliphatic hydroxyl groups is 1. The first-order valence-corrected chi connectivity index (χ1v) is 10.7. The maximum atomic E-state index is 12.8. The molecule has 1 amide bonds. The Morgan fingerprint density at radius 3 is 2.87 bits per heavy atom. The molecule has 2 N–H and O–H groups in total. The summed E-state index contributed by atoms with van der Waals surface area (Å²) in [5, 5.41) is 14.7. The summed E-state index contributed by atoms with van der Waals surface area (Å²) in [6.07, 6.45) is 8.84. The first-order chi connectivity index (χ1) is 14.6. The van der Waals surface area contributed by atoms with Gasteiger partial charge in [0.05, 0.1) is 6.10 Å². The maximum Gasteiger partial charge on any atom is 0.287 e. The highest BCUT2D eigenvalue weighted by molar-refractivity contribution is 6.00. The van der Waals surface area contributed by atoms with Gasteiger partial charge in [0.25, 0.3) is 5.91 Å². The van der Waals surface area contributed by atoms with Crippen LogP contribution < -0.4 is 10.1 Å². The number of rotatable bonds is 3. The second-order valence-electron chi connectivity index (χ2n) is 8.52. The molecule has 1 spiro atoms. The average Bonchev–Trinajstić information content (AvgIpc) is 3.10. The van der Waals surface area contributed by atoms with E-state index in [-0.39, 0.29) is 17.3 Å². The maximum absolute atomic E-state index is 12.8. The van der Waals surface area contributed by atoms with Gasteiger partial charge >= 0.3 is 0 Å². The third kappa shape index (κ3) is 3.25. The second-order valence-corrected chi connectivity index (χ2v) is 8.52. The smallest absolute Gasteiger partial charge is 0.287 e. The highest BCUT2D eigenvalue weighted by Crippen LogP contribution is 2.49. The summed E-state index contributed by atoms with van der Waals surface area (Å²) in [6.45, 7) is 2.23. The highest BCUT2D eigenvalue weighted by Gasteiger charge is 2.42. The topological polar surface area (TPSA) is 84.6 Å². The number of nitrogens with one attached hydrogen (secondary N) is 1. The number of nitrogens with zero attached hydrogens (tertiary/aromatic N) is 1. The minimum absolute atomic E-state index is 0.264. The van der Waals surface area contributed by atoms with Gasteiger partial charge in [-0.2, -0.15) is 0 Å². The lowest BCUT2D eigenvalue weighted by molar-refractivity contribution is -0.0373. The van der Waals surface area contributed by atoms with Crippen molar-refractivity contribution >= 4 is 16.9 Å². The molecule has 2 aliphatic rings. The summed E-state index contributed by atoms with van der Waals surface area (Å²) in [5.74, 6) is 0.707. The van der Waals surface area contributed by atoms with Crippen molar-refractivity contribution in [2.45, 2.75) is 63.7 Å². The van der Waals surface area contributed by atoms with Crippen LogP contribution in [0.4, 0.5) is 0 Å². The van der Waals surface area contributed by atoms with Gasteiger partial charge in [-0.15, -0.1) is 0 Å². The molecule has 30 heavy (non-hydrogen) atoms. The number of amides is 1. The normalized spacial score (nSPS) is 20.0. The molecule has 0 unspecified atom stereocenters. The van der Waals surface area contributed by atoms with E-state index in [9.17, 15) is 9.90 Å². The SMILES string of the molecule is Cc1c(C(=O)NCc2cccnc2)oc2ccc3c(c12)[C@@H](O)CC1(CCCCC1)O3. The van der Waals surface area contributed by atoms with Crippen LogP contribution in [0.1, 0.15) is 71.9 Å². The summed E-state index contributed by atoms with van der Waals surface area (Å²) < 4.78 is 12.4. The Hall–Kier alpha value is -2.86. The predicted molar refractivity (Wildman–Crippen MR) is 112 cm³/mol. The number of benzene rings is 1. The highest BCUT2D eigenvalue weighted by atomic mass is 16.5. The van der Waals surface area contributed by atoms with Crippen molar-refractivity contribution < 1.29 is 19.1 Å². The number of aryl methyl sites for hydroxylation is 1. The van der Waals surface area contributed by atoms with Crippen LogP contribution in [0, 0.1) is 6.92 Å². The molecule has 1 aliphatic heterocycles. The van der Waals surface area contributed by atoms with Crippen LogP contribution >= 0.6 is 0 Å². The Morgan fingerprint density at radius 1 is 1.27 bits per heavy atom. The predicted octanol–water partition coefficient (Wildman–Crippen LogP) is 4.59. The molecule has 3 heterocycles. The van der Waals surface area contributed by atoms with Gasteiger partial charge in [-0.3, -0.25) is 9.78 Å². The molecule has 1 aliphatic carbocycles. The lowest BCUT2D eigenvalue weighted by Gasteiger charge is -2.43. The zero-order chi connectivity index (χ0) is 20.7.